The summed E-state index contributed by atoms with van der Waals surface area (Å²) in [5.74, 6) is -1.12. The Balaban J connectivity index is 1.77. The number of carbonyl (C=O) groups excluding carboxylic acids is 2. The molecule has 0 radical (unpaired) electrons. The van der Waals surface area contributed by atoms with E-state index in [9.17, 15) is 35.9 Å². The van der Waals surface area contributed by atoms with E-state index in [1.54, 1.807) is 0 Å². The van der Waals surface area contributed by atoms with Gasteiger partial charge < -0.3 is 20.4 Å². The van der Waals surface area contributed by atoms with Crippen LogP contribution in [-0.4, -0.2) is 11.9 Å². The molecule has 0 fully saturated rings. The summed E-state index contributed by atoms with van der Waals surface area (Å²) in [5, 5.41) is 6.29. The maximum absolute atomic E-state index is 13.5. The molecule has 0 aliphatic heterocycles. The van der Waals surface area contributed by atoms with Crippen molar-refractivity contribution in [3.63, 3.8) is 0 Å². The third kappa shape index (κ3) is 5.59. The van der Waals surface area contributed by atoms with Crippen LogP contribution >= 0.6 is 0 Å². The van der Waals surface area contributed by atoms with Crippen molar-refractivity contribution in [1.82, 2.24) is 0 Å². The van der Waals surface area contributed by atoms with Gasteiger partial charge in [-0.2, -0.15) is 26.3 Å². The Morgan fingerprint density at radius 2 is 1.44 bits per heavy atom. The highest BCUT2D eigenvalue weighted by molar-refractivity contribution is 6.03. The lowest BCUT2D eigenvalue weighted by Crippen LogP contribution is -2.21. The predicted molar refractivity (Wildman–Crippen MR) is 102 cm³/mol. The van der Waals surface area contributed by atoms with Crippen molar-refractivity contribution in [2.75, 3.05) is 16.0 Å². The first kappa shape index (κ1) is 22.7. The molecule has 3 aromatic rings. The van der Waals surface area contributed by atoms with Gasteiger partial charge in [0.2, 0.25) is 0 Å². The van der Waals surface area contributed by atoms with Gasteiger partial charge in [0, 0.05) is 11.4 Å². The Morgan fingerprint density at radius 1 is 0.750 bits per heavy atom. The number of urea groups is 1. The van der Waals surface area contributed by atoms with Crippen molar-refractivity contribution in [1.29, 1.82) is 0 Å². The molecule has 3 rings (SSSR count). The summed E-state index contributed by atoms with van der Waals surface area (Å²) in [6.45, 7) is 0. The number of furan rings is 1. The SMILES string of the molecule is O=C(Nc1cccc(C(F)(F)F)c1)Nc1ccc(NC(=O)c2ccco2)c(C(F)(F)F)c1. The molecule has 6 nitrogen and oxygen atoms in total. The van der Waals surface area contributed by atoms with Gasteiger partial charge in [0.25, 0.3) is 5.91 Å². The Bertz CT molecular complexity index is 1120. The number of rotatable bonds is 4. The van der Waals surface area contributed by atoms with Gasteiger partial charge in [-0.25, -0.2) is 4.79 Å². The van der Waals surface area contributed by atoms with Crippen LogP contribution in [-0.2, 0) is 12.4 Å². The van der Waals surface area contributed by atoms with Crippen LogP contribution in [0.1, 0.15) is 21.7 Å². The van der Waals surface area contributed by atoms with Gasteiger partial charge in [0.05, 0.1) is 23.1 Å². The molecule has 1 aromatic heterocycles. The minimum atomic E-state index is -4.89. The van der Waals surface area contributed by atoms with E-state index in [4.69, 9.17) is 4.42 Å². The molecule has 0 bridgehead atoms. The number of benzene rings is 2. The minimum Gasteiger partial charge on any atom is -0.459 e. The van der Waals surface area contributed by atoms with Crippen LogP contribution in [0.25, 0.3) is 0 Å². The molecule has 0 aliphatic carbocycles. The van der Waals surface area contributed by atoms with Gasteiger partial charge >= 0.3 is 18.4 Å². The summed E-state index contributed by atoms with van der Waals surface area (Å²) >= 11 is 0. The van der Waals surface area contributed by atoms with Crippen molar-refractivity contribution in [2.45, 2.75) is 12.4 Å². The molecule has 0 aliphatic rings. The van der Waals surface area contributed by atoms with Crippen LogP contribution in [0.4, 0.5) is 48.2 Å². The normalized spacial score (nSPS) is 11.7. The van der Waals surface area contributed by atoms with Crippen molar-refractivity contribution in [2.24, 2.45) is 0 Å². The van der Waals surface area contributed by atoms with E-state index >= 15 is 0 Å². The lowest BCUT2D eigenvalue weighted by Gasteiger charge is -2.16. The second kappa shape index (κ2) is 8.65. The Hall–Kier alpha value is -3.96. The molecule has 0 saturated carbocycles. The van der Waals surface area contributed by atoms with E-state index in [-0.39, 0.29) is 17.1 Å². The first-order valence-corrected chi connectivity index (χ1v) is 8.75. The van der Waals surface area contributed by atoms with Crippen LogP contribution in [0.5, 0.6) is 0 Å². The molecule has 1 heterocycles. The van der Waals surface area contributed by atoms with Crippen molar-refractivity contribution in [3.05, 3.63) is 77.7 Å². The number of halogens is 6. The van der Waals surface area contributed by atoms with E-state index in [1.807, 2.05) is 0 Å². The lowest BCUT2D eigenvalue weighted by atomic mass is 10.1. The zero-order valence-corrected chi connectivity index (χ0v) is 15.8. The summed E-state index contributed by atoms with van der Waals surface area (Å²) in [4.78, 5) is 24.0. The van der Waals surface area contributed by atoms with Crippen LogP contribution < -0.4 is 16.0 Å². The largest absolute Gasteiger partial charge is 0.459 e. The Morgan fingerprint density at radius 3 is 2.03 bits per heavy atom. The van der Waals surface area contributed by atoms with E-state index in [1.165, 1.54) is 24.5 Å². The summed E-state index contributed by atoms with van der Waals surface area (Å²) < 4.78 is 83.4. The number of hydrogen-bond donors (Lipinski definition) is 3. The fourth-order valence-corrected chi connectivity index (χ4v) is 2.62. The summed E-state index contributed by atoms with van der Waals surface area (Å²) in [6.07, 6.45) is -8.34. The van der Waals surface area contributed by atoms with Gasteiger partial charge in [-0.15, -0.1) is 0 Å². The number of hydrogen-bond acceptors (Lipinski definition) is 3. The van der Waals surface area contributed by atoms with E-state index in [0.717, 1.165) is 24.3 Å². The van der Waals surface area contributed by atoms with Gasteiger partial charge in [-0.3, -0.25) is 4.79 Å². The highest BCUT2D eigenvalue weighted by atomic mass is 19.4. The number of carbonyl (C=O) groups is 2. The third-order valence-electron chi connectivity index (χ3n) is 4.02. The molecular weight excluding hydrogens is 444 g/mol. The highest BCUT2D eigenvalue weighted by Crippen LogP contribution is 2.37. The van der Waals surface area contributed by atoms with E-state index < -0.39 is 41.1 Å². The first-order chi connectivity index (χ1) is 14.9. The average molecular weight is 457 g/mol. The number of alkyl halides is 6. The van der Waals surface area contributed by atoms with Crippen molar-refractivity contribution in [3.8, 4) is 0 Å². The summed E-state index contributed by atoms with van der Waals surface area (Å²) in [6, 6.07) is 7.88. The molecule has 0 atom stereocenters. The molecule has 2 aromatic carbocycles. The van der Waals surface area contributed by atoms with Gasteiger partial charge in [-0.1, -0.05) is 6.07 Å². The van der Waals surface area contributed by atoms with Crippen LogP contribution in [0.2, 0.25) is 0 Å². The molecule has 0 spiro atoms. The average Bonchev–Trinajstić information content (AvgIpc) is 3.23. The third-order valence-corrected chi connectivity index (χ3v) is 4.02. The summed E-state index contributed by atoms with van der Waals surface area (Å²) in [5.41, 5.74) is -3.36. The fourth-order valence-electron chi connectivity index (χ4n) is 2.62. The minimum absolute atomic E-state index is 0.208. The monoisotopic (exact) mass is 457 g/mol. The van der Waals surface area contributed by atoms with Gasteiger partial charge in [0.1, 0.15) is 0 Å². The van der Waals surface area contributed by atoms with Crippen molar-refractivity contribution < 1.29 is 40.3 Å². The maximum atomic E-state index is 13.5. The number of nitrogens with one attached hydrogen (secondary N) is 3. The topological polar surface area (TPSA) is 83.4 Å². The molecular formula is C20H13F6N3O3. The van der Waals surface area contributed by atoms with E-state index in [0.29, 0.717) is 12.1 Å². The quantitative estimate of drug-likeness (QED) is 0.407. The molecule has 168 valence electrons. The van der Waals surface area contributed by atoms with E-state index in [2.05, 4.69) is 16.0 Å². The molecule has 3 amide bonds. The zero-order valence-electron chi connectivity index (χ0n) is 15.8. The van der Waals surface area contributed by atoms with Gasteiger partial charge in [0.15, 0.2) is 5.76 Å². The lowest BCUT2D eigenvalue weighted by molar-refractivity contribution is -0.138. The first-order valence-electron chi connectivity index (χ1n) is 8.75. The number of anilines is 3. The zero-order chi connectivity index (χ0) is 23.5. The molecule has 12 heteroatoms. The Labute approximate surface area is 176 Å². The Kier molecular flexibility index (Phi) is 6.14. The van der Waals surface area contributed by atoms with Crippen LogP contribution in [0, 0.1) is 0 Å². The molecule has 3 N–H and O–H groups in total. The van der Waals surface area contributed by atoms with Crippen LogP contribution in [0.3, 0.4) is 0 Å². The molecule has 0 unspecified atom stereocenters. The molecule has 0 saturated heterocycles. The smallest absolute Gasteiger partial charge is 0.418 e. The highest BCUT2D eigenvalue weighted by Gasteiger charge is 2.35. The second-order valence-corrected chi connectivity index (χ2v) is 6.35. The fraction of sp³-hybridized carbons (Fsp3) is 0.100. The standard InChI is InChI=1S/C20H13F6N3O3/c21-19(22,23)11-3-1-4-12(9-11)27-18(31)28-13-6-7-15(14(10-13)20(24,25)26)29-17(30)16-5-2-8-32-16/h1-10H,(H,29,30)(H2,27,28,31). The predicted octanol–water partition coefficient (Wildman–Crippen LogP) is 6.21. The second-order valence-electron chi connectivity index (χ2n) is 6.35. The molecule has 32 heavy (non-hydrogen) atoms. The van der Waals surface area contributed by atoms with Crippen molar-refractivity contribution >= 4 is 29.0 Å². The summed E-state index contributed by atoms with van der Waals surface area (Å²) in [7, 11) is 0. The van der Waals surface area contributed by atoms with Gasteiger partial charge in [-0.05, 0) is 48.5 Å². The maximum Gasteiger partial charge on any atom is 0.418 e. The number of amides is 3. The van der Waals surface area contributed by atoms with Crippen LogP contribution in [0.15, 0.2) is 65.3 Å².